The van der Waals surface area contributed by atoms with Gasteiger partial charge in [-0.15, -0.1) is 0 Å². The summed E-state index contributed by atoms with van der Waals surface area (Å²) in [4.78, 5) is 12.9. The van der Waals surface area contributed by atoms with Gasteiger partial charge in [0.25, 0.3) is 0 Å². The normalized spacial score (nSPS) is 56.1. The molecule has 5 saturated carbocycles. The molecule has 0 aromatic rings. The maximum Gasteiger partial charge on any atom is 0.312 e. The van der Waals surface area contributed by atoms with E-state index in [1.165, 1.54) is 38.5 Å². The second-order valence-corrected chi connectivity index (χ2v) is 8.68. The Morgan fingerprint density at radius 2 is 1.67 bits per heavy atom. The molecule has 2 heteroatoms. The molecular weight excluding hydrogens is 260 g/mol. The lowest BCUT2D eigenvalue weighted by Gasteiger charge is -2.59. The molecule has 2 nitrogen and oxygen atoms in total. The van der Waals surface area contributed by atoms with E-state index in [9.17, 15) is 4.79 Å². The molecule has 0 amide bonds. The number of ether oxygens (including phenoxy) is 1. The van der Waals surface area contributed by atoms with Gasteiger partial charge >= 0.3 is 5.97 Å². The second-order valence-electron chi connectivity index (χ2n) is 8.68. The van der Waals surface area contributed by atoms with Crippen molar-refractivity contribution in [2.75, 3.05) is 7.11 Å². The molecule has 6 rings (SSSR count). The fourth-order valence-electron chi connectivity index (χ4n) is 7.60. The minimum atomic E-state index is -0.156. The lowest BCUT2D eigenvalue weighted by atomic mass is 9.45. The standard InChI is InChI=1S/C19H26O2/c1-21-18(20)19(10-11-2-3-16(19)9-11)17-14-5-12-4-13(7-14)8-15(17)6-12/h2-3,11-17H,4-10H2,1H3. The van der Waals surface area contributed by atoms with Gasteiger partial charge < -0.3 is 4.74 Å². The molecule has 3 unspecified atom stereocenters. The van der Waals surface area contributed by atoms with E-state index in [0.29, 0.717) is 17.8 Å². The van der Waals surface area contributed by atoms with E-state index < -0.39 is 0 Å². The summed E-state index contributed by atoms with van der Waals surface area (Å²) in [6, 6.07) is 0. The van der Waals surface area contributed by atoms with Gasteiger partial charge in [0.1, 0.15) is 0 Å². The minimum Gasteiger partial charge on any atom is -0.469 e. The molecule has 0 aliphatic heterocycles. The van der Waals surface area contributed by atoms with Crippen LogP contribution in [0, 0.1) is 46.8 Å². The number of esters is 1. The fourth-order valence-corrected chi connectivity index (χ4v) is 7.60. The molecule has 21 heavy (non-hydrogen) atoms. The third-order valence-corrected chi connectivity index (χ3v) is 7.82. The van der Waals surface area contributed by atoms with Crippen molar-refractivity contribution in [2.24, 2.45) is 46.8 Å². The highest BCUT2D eigenvalue weighted by molar-refractivity contribution is 5.79. The third-order valence-electron chi connectivity index (χ3n) is 7.82. The number of rotatable bonds is 2. The molecule has 114 valence electrons. The van der Waals surface area contributed by atoms with Crippen molar-refractivity contribution >= 4 is 5.97 Å². The summed E-state index contributed by atoms with van der Waals surface area (Å²) < 4.78 is 5.37. The van der Waals surface area contributed by atoms with Gasteiger partial charge in [0.2, 0.25) is 0 Å². The summed E-state index contributed by atoms with van der Waals surface area (Å²) in [6.07, 6.45) is 14.1. The summed E-state index contributed by atoms with van der Waals surface area (Å²) in [6.45, 7) is 0. The number of fused-ring (bicyclic) bond motifs is 2. The van der Waals surface area contributed by atoms with Crippen molar-refractivity contribution in [1.82, 2.24) is 0 Å². The average molecular weight is 286 g/mol. The van der Waals surface area contributed by atoms with Gasteiger partial charge in [-0.1, -0.05) is 12.2 Å². The highest BCUT2D eigenvalue weighted by Crippen LogP contribution is 2.67. The number of carbonyl (C=O) groups is 1. The molecular formula is C19H26O2. The second kappa shape index (κ2) is 4.14. The van der Waals surface area contributed by atoms with Crippen LogP contribution in [0.25, 0.3) is 0 Å². The molecule has 0 saturated heterocycles. The topological polar surface area (TPSA) is 26.3 Å². The first-order valence-corrected chi connectivity index (χ1v) is 8.97. The first kappa shape index (κ1) is 12.7. The number of allylic oxidation sites excluding steroid dienone is 2. The molecule has 6 bridgehead atoms. The fraction of sp³-hybridized carbons (Fsp3) is 0.842. The van der Waals surface area contributed by atoms with E-state index in [-0.39, 0.29) is 11.4 Å². The monoisotopic (exact) mass is 286 g/mol. The van der Waals surface area contributed by atoms with Gasteiger partial charge in [0, 0.05) is 0 Å². The lowest BCUT2D eigenvalue weighted by molar-refractivity contribution is -0.174. The summed E-state index contributed by atoms with van der Waals surface area (Å²) in [7, 11) is 1.61. The molecule has 0 N–H and O–H groups in total. The van der Waals surface area contributed by atoms with Crippen LogP contribution in [0.15, 0.2) is 12.2 Å². The Balaban J connectivity index is 1.57. The quantitative estimate of drug-likeness (QED) is 0.570. The average Bonchev–Trinajstić information content (AvgIpc) is 3.06. The summed E-state index contributed by atoms with van der Waals surface area (Å²) in [5, 5.41) is 0. The molecule has 0 heterocycles. The molecule has 0 aromatic heterocycles. The number of methoxy groups -OCH3 is 1. The van der Waals surface area contributed by atoms with Gasteiger partial charge in [-0.25, -0.2) is 0 Å². The van der Waals surface area contributed by atoms with Crippen molar-refractivity contribution in [3.63, 3.8) is 0 Å². The first-order valence-electron chi connectivity index (χ1n) is 8.97. The molecule has 0 aromatic carbocycles. The van der Waals surface area contributed by atoms with Gasteiger partial charge in [-0.3, -0.25) is 4.79 Å². The van der Waals surface area contributed by atoms with E-state index in [1.54, 1.807) is 7.11 Å². The van der Waals surface area contributed by atoms with Gasteiger partial charge in [0.05, 0.1) is 12.5 Å². The number of hydrogen-bond donors (Lipinski definition) is 0. The van der Waals surface area contributed by atoms with E-state index in [2.05, 4.69) is 12.2 Å². The van der Waals surface area contributed by atoms with E-state index in [1.807, 2.05) is 0 Å². The first-order chi connectivity index (χ1) is 10.2. The van der Waals surface area contributed by atoms with Crippen LogP contribution in [-0.4, -0.2) is 13.1 Å². The SMILES string of the molecule is COC(=O)C1(C2C3CC4CC(C3)CC2C4)CC2C=CC1C2. The zero-order valence-electron chi connectivity index (χ0n) is 13.0. The zero-order valence-corrected chi connectivity index (χ0v) is 13.0. The van der Waals surface area contributed by atoms with Crippen molar-refractivity contribution in [1.29, 1.82) is 0 Å². The van der Waals surface area contributed by atoms with Crippen LogP contribution in [-0.2, 0) is 9.53 Å². The van der Waals surface area contributed by atoms with Crippen molar-refractivity contribution in [3.8, 4) is 0 Å². The van der Waals surface area contributed by atoms with Crippen LogP contribution < -0.4 is 0 Å². The molecule has 0 spiro atoms. The Morgan fingerprint density at radius 1 is 1.00 bits per heavy atom. The predicted octanol–water partition coefficient (Wildman–Crippen LogP) is 3.81. The Morgan fingerprint density at radius 3 is 2.14 bits per heavy atom. The van der Waals surface area contributed by atoms with Crippen LogP contribution >= 0.6 is 0 Å². The van der Waals surface area contributed by atoms with Crippen LogP contribution in [0.5, 0.6) is 0 Å². The predicted molar refractivity (Wildman–Crippen MR) is 80.3 cm³/mol. The van der Waals surface area contributed by atoms with Gasteiger partial charge in [-0.05, 0) is 86.4 Å². The Kier molecular flexibility index (Phi) is 2.51. The molecule has 6 aliphatic carbocycles. The van der Waals surface area contributed by atoms with E-state index in [4.69, 9.17) is 4.74 Å². The molecule has 0 radical (unpaired) electrons. The zero-order chi connectivity index (χ0) is 14.2. The van der Waals surface area contributed by atoms with Crippen LogP contribution in [0.3, 0.4) is 0 Å². The van der Waals surface area contributed by atoms with Crippen LogP contribution in [0.2, 0.25) is 0 Å². The van der Waals surface area contributed by atoms with Gasteiger partial charge in [0.15, 0.2) is 0 Å². The maximum atomic E-state index is 12.9. The van der Waals surface area contributed by atoms with Crippen molar-refractivity contribution in [3.05, 3.63) is 12.2 Å². The number of hydrogen-bond acceptors (Lipinski definition) is 2. The largest absolute Gasteiger partial charge is 0.469 e. The highest BCUT2D eigenvalue weighted by atomic mass is 16.5. The van der Waals surface area contributed by atoms with E-state index >= 15 is 0 Å². The Hall–Kier alpha value is -0.790. The minimum absolute atomic E-state index is 0.122. The Bertz CT molecular complexity index is 480. The maximum absolute atomic E-state index is 12.9. The number of carbonyl (C=O) groups excluding carboxylic acids is 1. The lowest BCUT2D eigenvalue weighted by Crippen LogP contribution is -2.56. The summed E-state index contributed by atoms with van der Waals surface area (Å²) in [5.74, 6) is 5.44. The molecule has 5 fully saturated rings. The Labute approximate surface area is 127 Å². The van der Waals surface area contributed by atoms with Crippen molar-refractivity contribution < 1.29 is 9.53 Å². The van der Waals surface area contributed by atoms with Gasteiger partial charge in [-0.2, -0.15) is 0 Å². The summed E-state index contributed by atoms with van der Waals surface area (Å²) >= 11 is 0. The third kappa shape index (κ3) is 1.52. The summed E-state index contributed by atoms with van der Waals surface area (Å²) in [5.41, 5.74) is -0.156. The van der Waals surface area contributed by atoms with Crippen LogP contribution in [0.1, 0.15) is 44.9 Å². The molecule has 6 aliphatic rings. The van der Waals surface area contributed by atoms with E-state index in [0.717, 1.165) is 30.1 Å². The van der Waals surface area contributed by atoms with Crippen LogP contribution in [0.4, 0.5) is 0 Å². The van der Waals surface area contributed by atoms with Crippen molar-refractivity contribution in [2.45, 2.75) is 44.9 Å². The smallest absolute Gasteiger partial charge is 0.312 e. The molecule has 3 atom stereocenters. The highest BCUT2D eigenvalue weighted by Gasteiger charge is 2.64.